The molecule has 4 nitrogen and oxygen atoms in total. The maximum Gasteiger partial charge on any atom is 0.311 e. The van der Waals surface area contributed by atoms with Crippen molar-refractivity contribution < 1.29 is 4.57 Å². The molecule has 0 saturated carbocycles. The van der Waals surface area contributed by atoms with Crippen LogP contribution in [-0.2, 0) is 4.57 Å². The summed E-state index contributed by atoms with van der Waals surface area (Å²) in [6.07, 6.45) is 0. The number of halogens is 2. The van der Waals surface area contributed by atoms with Crippen LogP contribution in [0.2, 0.25) is 0 Å². The van der Waals surface area contributed by atoms with Crippen molar-refractivity contribution in [2.24, 2.45) is 0 Å². The monoisotopic (exact) mass is 217 g/mol. The molecular formula is C2H2Cl2N3OPS. The summed E-state index contributed by atoms with van der Waals surface area (Å²) in [5, 5.41) is 0. The van der Waals surface area contributed by atoms with Crippen LogP contribution in [0.25, 0.3) is 0 Å². The van der Waals surface area contributed by atoms with E-state index in [1.54, 1.807) is 0 Å². The molecule has 1 aromatic heterocycles. The van der Waals surface area contributed by atoms with Crippen LogP contribution in [0, 0.1) is 0 Å². The van der Waals surface area contributed by atoms with Gasteiger partial charge < -0.3 is 5.73 Å². The number of hydrogen-bond acceptors (Lipinski definition) is 5. The molecule has 56 valence electrons. The Morgan fingerprint density at radius 1 is 1.60 bits per heavy atom. The molecule has 0 unspecified atom stereocenters. The molecule has 0 aliphatic heterocycles. The van der Waals surface area contributed by atoms with Crippen molar-refractivity contribution in [1.29, 1.82) is 0 Å². The van der Waals surface area contributed by atoms with Crippen LogP contribution < -0.4 is 10.5 Å². The summed E-state index contributed by atoms with van der Waals surface area (Å²) >= 11 is 11.3. The van der Waals surface area contributed by atoms with Gasteiger partial charge in [-0.05, 0) is 34.0 Å². The van der Waals surface area contributed by atoms with E-state index in [-0.39, 0.29) is 10.7 Å². The van der Waals surface area contributed by atoms with Crippen LogP contribution in [0.3, 0.4) is 0 Å². The smallest absolute Gasteiger partial charge is 0.311 e. The molecule has 8 heteroatoms. The Balaban J connectivity index is 3.08. The quantitative estimate of drug-likeness (QED) is 0.723. The van der Waals surface area contributed by atoms with E-state index >= 15 is 0 Å². The van der Waals surface area contributed by atoms with Gasteiger partial charge in [-0.15, -0.1) is 0 Å². The van der Waals surface area contributed by atoms with Crippen molar-refractivity contribution in [2.45, 2.75) is 0 Å². The standard InChI is InChI=1S/C2H2Cl2N3OPS/c3-9(4,8)2-6-1(5)7-10-2/h(H2,5,7). The summed E-state index contributed by atoms with van der Waals surface area (Å²) in [7, 11) is 0. The molecule has 1 aromatic rings. The molecule has 0 bridgehead atoms. The number of aromatic nitrogens is 2. The molecule has 0 aliphatic rings. The maximum atomic E-state index is 10.8. The van der Waals surface area contributed by atoms with Gasteiger partial charge in [-0.25, -0.2) is 0 Å². The van der Waals surface area contributed by atoms with Crippen LogP contribution >= 0.6 is 39.9 Å². The Kier molecular flexibility index (Phi) is 2.20. The summed E-state index contributed by atoms with van der Waals surface area (Å²) in [6.45, 7) is 0. The highest BCUT2D eigenvalue weighted by atomic mass is 35.9. The molecule has 0 aromatic carbocycles. The minimum atomic E-state index is -3.29. The Hall–Kier alpha value is 0.170. The van der Waals surface area contributed by atoms with Gasteiger partial charge in [0.25, 0.3) is 0 Å². The predicted octanol–water partition coefficient (Wildman–Crippen LogP) is 1.42. The largest absolute Gasteiger partial charge is 0.367 e. The van der Waals surface area contributed by atoms with Crippen molar-refractivity contribution in [3.05, 3.63) is 0 Å². The second kappa shape index (κ2) is 2.66. The topological polar surface area (TPSA) is 68.9 Å². The van der Waals surface area contributed by atoms with Crippen LogP contribution in [0.1, 0.15) is 0 Å². The van der Waals surface area contributed by atoms with Crippen LogP contribution in [0.4, 0.5) is 5.95 Å². The number of hydrogen-bond donors (Lipinski definition) is 1. The van der Waals surface area contributed by atoms with Crippen molar-refractivity contribution in [1.82, 2.24) is 9.36 Å². The zero-order valence-electron chi connectivity index (χ0n) is 4.49. The van der Waals surface area contributed by atoms with E-state index in [9.17, 15) is 4.57 Å². The van der Waals surface area contributed by atoms with Gasteiger partial charge in [0.05, 0.1) is 0 Å². The van der Waals surface area contributed by atoms with Crippen LogP contribution in [0.5, 0.6) is 0 Å². The lowest BCUT2D eigenvalue weighted by atomic mass is 11.1. The number of nitrogens with two attached hydrogens (primary N) is 1. The van der Waals surface area contributed by atoms with Crippen LogP contribution in [-0.4, -0.2) is 9.36 Å². The highest BCUT2D eigenvalue weighted by Crippen LogP contribution is 2.55. The molecule has 1 rings (SSSR count). The summed E-state index contributed by atoms with van der Waals surface area (Å²) in [4.78, 5) is 3.54. The third kappa shape index (κ3) is 1.83. The average molecular weight is 218 g/mol. The van der Waals surface area contributed by atoms with Crippen molar-refractivity contribution in [3.8, 4) is 0 Å². The third-order valence-electron chi connectivity index (χ3n) is 0.654. The van der Waals surface area contributed by atoms with Gasteiger partial charge in [0.1, 0.15) is 0 Å². The first-order valence-corrected chi connectivity index (χ1v) is 6.38. The highest BCUT2D eigenvalue weighted by Gasteiger charge is 2.22. The number of rotatable bonds is 1. The Morgan fingerprint density at radius 3 is 2.40 bits per heavy atom. The molecular weight excluding hydrogens is 216 g/mol. The van der Waals surface area contributed by atoms with Gasteiger partial charge in [-0.2, -0.15) is 9.36 Å². The summed E-state index contributed by atoms with van der Waals surface area (Å²) in [5.74, 6) is -3.24. The number of anilines is 1. The van der Waals surface area contributed by atoms with Crippen molar-refractivity contribution in [3.63, 3.8) is 0 Å². The average Bonchev–Trinajstić information content (AvgIpc) is 2.11. The minimum Gasteiger partial charge on any atom is -0.367 e. The maximum absolute atomic E-state index is 10.8. The van der Waals surface area contributed by atoms with Gasteiger partial charge in [-0.1, -0.05) is 0 Å². The summed E-state index contributed by atoms with van der Waals surface area (Å²) in [6, 6.07) is 0. The summed E-state index contributed by atoms with van der Waals surface area (Å²) in [5.41, 5.74) is 5.13. The number of nitrogens with zero attached hydrogens (tertiary/aromatic N) is 2. The normalized spacial score (nSPS) is 11.8. The van der Waals surface area contributed by atoms with Gasteiger partial charge in [0.2, 0.25) is 10.7 Å². The zero-order chi connectivity index (χ0) is 7.78. The molecule has 0 aliphatic carbocycles. The molecule has 0 radical (unpaired) electrons. The lowest BCUT2D eigenvalue weighted by Gasteiger charge is -1.90. The highest BCUT2D eigenvalue weighted by molar-refractivity contribution is 8.15. The van der Waals surface area contributed by atoms with Gasteiger partial charge in [0.15, 0.2) is 0 Å². The molecule has 0 spiro atoms. The number of nitrogen functional groups attached to an aromatic ring is 1. The van der Waals surface area contributed by atoms with Crippen molar-refractivity contribution >= 4 is 50.6 Å². The molecule has 0 fully saturated rings. The van der Waals surface area contributed by atoms with Gasteiger partial charge in [0, 0.05) is 0 Å². The Morgan fingerprint density at radius 2 is 2.20 bits per heavy atom. The Bertz CT molecular complexity index is 282. The molecule has 0 saturated heterocycles. The lowest BCUT2D eigenvalue weighted by Crippen LogP contribution is -1.96. The van der Waals surface area contributed by atoms with E-state index in [0.29, 0.717) is 0 Å². The van der Waals surface area contributed by atoms with Gasteiger partial charge >= 0.3 is 5.85 Å². The van der Waals surface area contributed by atoms with E-state index in [4.69, 9.17) is 28.2 Å². The third-order valence-corrected chi connectivity index (χ3v) is 4.31. The zero-order valence-corrected chi connectivity index (χ0v) is 7.71. The summed E-state index contributed by atoms with van der Waals surface area (Å²) < 4.78 is 14.4. The first kappa shape index (κ1) is 8.27. The fourth-order valence-corrected chi connectivity index (χ4v) is 2.19. The molecule has 1 heterocycles. The van der Waals surface area contributed by atoms with E-state index < -0.39 is 5.85 Å². The second-order valence-corrected chi connectivity index (χ2v) is 7.18. The predicted molar refractivity (Wildman–Crippen MR) is 43.3 cm³/mol. The lowest BCUT2D eigenvalue weighted by molar-refractivity contribution is 0.597. The SMILES string of the molecule is Nc1nsc(P(=O)(Cl)Cl)n1. The molecule has 0 atom stereocenters. The van der Waals surface area contributed by atoms with E-state index in [0.717, 1.165) is 11.5 Å². The fourth-order valence-electron chi connectivity index (χ4n) is 0.332. The van der Waals surface area contributed by atoms with Crippen molar-refractivity contribution in [2.75, 3.05) is 5.73 Å². The van der Waals surface area contributed by atoms with E-state index in [2.05, 4.69) is 9.36 Å². The second-order valence-electron chi connectivity index (χ2n) is 1.40. The Labute approximate surface area is 70.5 Å². The first-order chi connectivity index (χ1) is 4.50. The molecule has 0 amide bonds. The fraction of sp³-hybridized carbons (Fsp3) is 0. The minimum absolute atomic E-state index is 0.0431. The molecule has 2 N–H and O–H groups in total. The van der Waals surface area contributed by atoms with Gasteiger partial charge in [-0.3, -0.25) is 4.57 Å². The first-order valence-electron chi connectivity index (χ1n) is 2.09. The van der Waals surface area contributed by atoms with E-state index in [1.807, 2.05) is 0 Å². The van der Waals surface area contributed by atoms with Crippen LogP contribution in [0.15, 0.2) is 0 Å². The van der Waals surface area contributed by atoms with E-state index in [1.165, 1.54) is 0 Å². The molecule has 10 heavy (non-hydrogen) atoms.